The van der Waals surface area contributed by atoms with Gasteiger partial charge in [0.15, 0.2) is 34.9 Å². The zero-order chi connectivity index (χ0) is 33.3. The summed E-state index contributed by atoms with van der Waals surface area (Å²) in [5.41, 5.74) is -2.52. The van der Waals surface area contributed by atoms with Crippen molar-refractivity contribution in [3.8, 4) is 0 Å². The molecule has 0 atom stereocenters. The molecule has 1 aliphatic rings. The summed E-state index contributed by atoms with van der Waals surface area (Å²) in [6.45, 7) is 2.93. The molecule has 0 amide bonds. The predicted octanol–water partition coefficient (Wildman–Crippen LogP) is 8.10. The summed E-state index contributed by atoms with van der Waals surface area (Å²) in [5.74, 6) is -28.9. The first-order valence-corrected chi connectivity index (χ1v) is 15.7. The van der Waals surface area contributed by atoms with Crippen LogP contribution in [0, 0.1) is 65.1 Å². The number of hydrogen-bond donors (Lipinski definition) is 0. The predicted molar refractivity (Wildman–Crippen MR) is 160 cm³/mol. The van der Waals surface area contributed by atoms with Gasteiger partial charge in [-0.15, -0.1) is 5.47 Å². The SMILES string of the molecule is CC1=C(c2ccc(C)cc2)[P+](c2ccccc2)(c2ccccc2)[B-]1(c1c(F)c(F)c(F)c(F)c1F)c1c(F)c(F)c(F)c(F)c1F. The maximum atomic E-state index is 16.3. The number of aryl methyl sites for hydroxylation is 1. The third-order valence-electron chi connectivity index (χ3n) is 8.91. The molecule has 0 unspecified atom stereocenters. The number of hydrogen-bond acceptors (Lipinski definition) is 0. The fraction of sp³-hybridized carbons (Fsp3) is 0.0588. The Morgan fingerprint density at radius 3 is 1.09 bits per heavy atom. The molecule has 0 saturated heterocycles. The van der Waals surface area contributed by atoms with E-state index in [-0.39, 0.29) is 21.4 Å². The van der Waals surface area contributed by atoms with Gasteiger partial charge >= 0.3 is 0 Å². The Labute approximate surface area is 257 Å². The van der Waals surface area contributed by atoms with Crippen LogP contribution < -0.4 is 21.5 Å². The molecule has 5 aromatic carbocycles. The van der Waals surface area contributed by atoms with Gasteiger partial charge in [0, 0.05) is 10.9 Å². The molecule has 0 spiro atoms. The zero-order valence-electron chi connectivity index (χ0n) is 23.9. The van der Waals surface area contributed by atoms with Crippen LogP contribution in [0.2, 0.25) is 0 Å². The van der Waals surface area contributed by atoms with Gasteiger partial charge in [0.1, 0.15) is 23.3 Å². The highest BCUT2D eigenvalue weighted by molar-refractivity contribution is 8.30. The molecule has 0 aromatic heterocycles. The molecule has 0 N–H and O–H groups in total. The summed E-state index contributed by atoms with van der Waals surface area (Å²) < 4.78 is 155. The minimum Gasteiger partial charge on any atom is -0.207 e. The molecule has 5 aromatic rings. The van der Waals surface area contributed by atoms with Gasteiger partial charge in [0.25, 0.3) is 5.87 Å². The molecule has 6 rings (SSSR count). The van der Waals surface area contributed by atoms with Gasteiger partial charge in [-0.2, -0.15) is 0 Å². The van der Waals surface area contributed by atoms with Gasteiger partial charge in [-0.1, -0.05) is 84.1 Å². The van der Waals surface area contributed by atoms with E-state index >= 15 is 35.1 Å². The van der Waals surface area contributed by atoms with Crippen LogP contribution in [-0.2, 0) is 0 Å². The molecular formula is C34H20BF10P. The van der Waals surface area contributed by atoms with Gasteiger partial charge in [-0.3, -0.25) is 0 Å². The van der Waals surface area contributed by atoms with Crippen LogP contribution in [0.1, 0.15) is 18.1 Å². The molecule has 0 nitrogen and oxygen atoms in total. The second kappa shape index (κ2) is 11.2. The lowest BCUT2D eigenvalue weighted by Gasteiger charge is -2.61. The maximum Gasteiger partial charge on any atom is 0.273 e. The van der Waals surface area contributed by atoms with Crippen LogP contribution in [0.15, 0.2) is 90.4 Å². The van der Waals surface area contributed by atoms with Crippen molar-refractivity contribution >= 4 is 39.9 Å². The van der Waals surface area contributed by atoms with Gasteiger partial charge in [0.2, 0.25) is 0 Å². The van der Waals surface area contributed by atoms with Gasteiger partial charge in [-0.25, -0.2) is 43.9 Å². The average molecular weight is 660 g/mol. The quantitative estimate of drug-likeness (QED) is 0.0588. The summed E-state index contributed by atoms with van der Waals surface area (Å²) in [5, 5.41) is 0.489. The van der Waals surface area contributed by atoms with Crippen LogP contribution in [0.3, 0.4) is 0 Å². The Bertz CT molecular complexity index is 1900. The fourth-order valence-corrected chi connectivity index (χ4v) is 13.6. The van der Waals surface area contributed by atoms with E-state index in [2.05, 4.69) is 0 Å². The topological polar surface area (TPSA) is 0 Å². The van der Waals surface area contributed by atoms with E-state index < -0.39 is 82.1 Å². The Balaban J connectivity index is 2.01. The van der Waals surface area contributed by atoms with Crippen molar-refractivity contribution in [2.75, 3.05) is 0 Å². The molecule has 12 heteroatoms. The van der Waals surface area contributed by atoms with Crippen molar-refractivity contribution in [2.45, 2.75) is 13.8 Å². The van der Waals surface area contributed by atoms with Crippen molar-refractivity contribution < 1.29 is 43.9 Å². The first-order chi connectivity index (χ1) is 21.8. The smallest absolute Gasteiger partial charge is 0.207 e. The molecule has 0 aliphatic carbocycles. The number of halogens is 10. The minimum atomic E-state index is -4.23. The normalized spacial score (nSPS) is 15.2. The summed E-state index contributed by atoms with van der Waals surface area (Å²) in [6, 6.07) is 21.4. The van der Waals surface area contributed by atoms with E-state index in [1.165, 1.54) is 48.5 Å². The van der Waals surface area contributed by atoms with Crippen molar-refractivity contribution in [3.05, 3.63) is 160 Å². The monoisotopic (exact) mass is 660 g/mol. The molecule has 234 valence electrons. The van der Waals surface area contributed by atoms with Crippen LogP contribution >= 0.6 is 7.14 Å². The largest absolute Gasteiger partial charge is 0.273 e. The van der Waals surface area contributed by atoms with Gasteiger partial charge in [-0.05, 0) is 38.3 Å². The number of rotatable bonds is 5. The number of benzene rings is 5. The maximum absolute atomic E-state index is 16.3. The van der Waals surface area contributed by atoms with Crippen LogP contribution in [0.25, 0.3) is 5.31 Å². The van der Waals surface area contributed by atoms with Crippen molar-refractivity contribution in [2.24, 2.45) is 0 Å². The fourth-order valence-electron chi connectivity index (χ4n) is 7.16. The molecule has 46 heavy (non-hydrogen) atoms. The summed E-state index contributed by atoms with van der Waals surface area (Å²) in [7, 11) is -4.21. The van der Waals surface area contributed by atoms with Crippen molar-refractivity contribution in [1.29, 1.82) is 0 Å². The highest BCUT2D eigenvalue weighted by Crippen LogP contribution is 2.82. The van der Waals surface area contributed by atoms with E-state index in [9.17, 15) is 8.78 Å². The van der Waals surface area contributed by atoms with Gasteiger partial charge < -0.3 is 0 Å². The molecule has 1 aliphatic heterocycles. The van der Waals surface area contributed by atoms with Crippen molar-refractivity contribution in [3.63, 3.8) is 0 Å². The van der Waals surface area contributed by atoms with E-state index in [0.29, 0.717) is 5.56 Å². The Morgan fingerprint density at radius 2 is 0.739 bits per heavy atom. The lowest BCUT2D eigenvalue weighted by atomic mass is 9.32. The lowest BCUT2D eigenvalue weighted by molar-refractivity contribution is 0.382. The van der Waals surface area contributed by atoms with Crippen molar-refractivity contribution in [1.82, 2.24) is 0 Å². The van der Waals surface area contributed by atoms with Crippen LogP contribution in [-0.4, -0.2) is 5.87 Å². The third-order valence-corrected chi connectivity index (χ3v) is 14.5. The highest BCUT2D eigenvalue weighted by atomic mass is 31.2. The highest BCUT2D eigenvalue weighted by Gasteiger charge is 2.72. The first-order valence-electron chi connectivity index (χ1n) is 13.8. The molecule has 0 saturated carbocycles. The molecule has 1 heterocycles. The Hall–Kier alpha value is -4.37. The standard InChI is InChI=1S/C34H20BF10P/c1-17-13-15-19(16-14-17)34-18(2)35(22-24(36)28(40)32(44)29(41)25(22)37,23-26(38)30(42)33(45)31(43)27(23)39)46(34,20-9-5-3-6-10-20)21-11-7-4-8-12-21/h3-16H,1-2H3. The van der Waals surface area contributed by atoms with Crippen LogP contribution in [0.4, 0.5) is 43.9 Å². The minimum absolute atomic E-state index is 0.134. The Morgan fingerprint density at radius 1 is 0.413 bits per heavy atom. The van der Waals surface area contributed by atoms with E-state index in [4.69, 9.17) is 0 Å². The third kappa shape index (κ3) is 3.93. The number of allylic oxidation sites excluding steroid dienone is 1. The molecule has 0 bridgehead atoms. The van der Waals surface area contributed by atoms with E-state index in [1.807, 2.05) is 0 Å². The molecular weight excluding hydrogens is 640 g/mol. The van der Waals surface area contributed by atoms with Crippen LogP contribution in [0.5, 0.6) is 0 Å². The summed E-state index contributed by atoms with van der Waals surface area (Å²) in [4.78, 5) is 0. The lowest BCUT2D eigenvalue weighted by Crippen LogP contribution is -2.73. The average Bonchev–Trinajstić information content (AvgIpc) is 3.07. The Kier molecular flexibility index (Phi) is 7.67. The second-order valence-corrected chi connectivity index (χ2v) is 14.8. The molecule has 0 fully saturated rings. The zero-order valence-corrected chi connectivity index (χ0v) is 24.8. The molecule has 0 radical (unpaired) electrons. The summed E-state index contributed by atoms with van der Waals surface area (Å²) in [6.07, 6.45) is 0. The second-order valence-electron chi connectivity index (χ2n) is 11.1. The summed E-state index contributed by atoms with van der Waals surface area (Å²) >= 11 is 0. The van der Waals surface area contributed by atoms with Gasteiger partial charge in [0.05, 0.1) is 10.6 Å². The van der Waals surface area contributed by atoms with E-state index in [0.717, 1.165) is 12.5 Å². The van der Waals surface area contributed by atoms with E-state index in [1.54, 1.807) is 43.3 Å². The first kappa shape index (κ1) is 31.6.